The maximum Gasteiger partial charge on any atom is 0.107 e. The van der Waals surface area contributed by atoms with Crippen LogP contribution < -0.4 is 0 Å². The van der Waals surface area contributed by atoms with Crippen LogP contribution in [0.3, 0.4) is 0 Å². The molecule has 0 aliphatic carbocycles. The van der Waals surface area contributed by atoms with Crippen molar-refractivity contribution in [2.75, 3.05) is 27.2 Å². The second kappa shape index (κ2) is 6.69. The number of likely N-dealkylation sites (N-methyl/N-ethyl adjacent to an activating group) is 1. The topological polar surface area (TPSA) is 39.6 Å². The van der Waals surface area contributed by atoms with Crippen molar-refractivity contribution in [3.63, 3.8) is 0 Å². The Morgan fingerprint density at radius 3 is 2.70 bits per heavy atom. The zero-order chi connectivity index (χ0) is 16.4. The molecule has 2 aromatic rings. The molecular formula is C18H25N3OS. The molecule has 1 saturated heterocycles. The van der Waals surface area contributed by atoms with Gasteiger partial charge in [0.15, 0.2) is 0 Å². The summed E-state index contributed by atoms with van der Waals surface area (Å²) in [6.07, 6.45) is 0.748. The minimum Gasteiger partial charge on any atom is -0.383 e. The fraction of sp³-hybridized carbons (Fsp3) is 0.500. The molecule has 3 rings (SSSR count). The van der Waals surface area contributed by atoms with Crippen LogP contribution in [0.25, 0.3) is 0 Å². The van der Waals surface area contributed by atoms with Gasteiger partial charge in [-0.05, 0) is 33.0 Å². The van der Waals surface area contributed by atoms with Crippen molar-refractivity contribution < 1.29 is 5.11 Å². The Balaban J connectivity index is 1.80. The van der Waals surface area contributed by atoms with E-state index in [0.717, 1.165) is 37.3 Å². The van der Waals surface area contributed by atoms with E-state index in [-0.39, 0.29) is 6.04 Å². The molecule has 1 aliphatic heterocycles. The lowest BCUT2D eigenvalue weighted by Gasteiger charge is -2.47. The first-order valence-corrected chi connectivity index (χ1v) is 8.94. The highest BCUT2D eigenvalue weighted by Crippen LogP contribution is 2.35. The number of piperidine rings is 1. The molecule has 2 atom stereocenters. The molecule has 124 valence electrons. The number of benzene rings is 1. The summed E-state index contributed by atoms with van der Waals surface area (Å²) in [5.41, 5.74) is 3.27. The second-order valence-electron chi connectivity index (χ2n) is 6.62. The minimum absolute atomic E-state index is 0.0758. The van der Waals surface area contributed by atoms with Crippen LogP contribution in [0.5, 0.6) is 0 Å². The highest BCUT2D eigenvalue weighted by Gasteiger charge is 2.43. The first kappa shape index (κ1) is 16.6. The van der Waals surface area contributed by atoms with Crippen molar-refractivity contribution in [2.45, 2.75) is 31.5 Å². The molecule has 1 aromatic carbocycles. The van der Waals surface area contributed by atoms with Gasteiger partial charge in [-0.15, -0.1) is 11.3 Å². The highest BCUT2D eigenvalue weighted by atomic mass is 32.1. The molecule has 2 heterocycles. The molecule has 0 saturated carbocycles. The molecule has 23 heavy (non-hydrogen) atoms. The summed E-state index contributed by atoms with van der Waals surface area (Å²) in [6, 6.07) is 10.2. The molecule has 1 aliphatic rings. The van der Waals surface area contributed by atoms with Crippen molar-refractivity contribution in [1.29, 1.82) is 0 Å². The summed E-state index contributed by atoms with van der Waals surface area (Å²) >= 11 is 1.72. The number of rotatable bonds is 4. The predicted octanol–water partition coefficient (Wildman–Crippen LogP) is 2.48. The van der Waals surface area contributed by atoms with Gasteiger partial charge in [-0.3, -0.25) is 4.90 Å². The maximum atomic E-state index is 11.4. The van der Waals surface area contributed by atoms with E-state index in [4.69, 9.17) is 0 Å². The van der Waals surface area contributed by atoms with E-state index in [2.05, 4.69) is 35.8 Å². The standard InChI is InChI=1S/C18H25N3OS/c1-14-16(23-13-19-14)11-21-10-9-18(22,17(12-21)20(2)3)15-7-5-4-6-8-15/h4-8,13,17,22H,9-12H2,1-3H3. The van der Waals surface area contributed by atoms with Gasteiger partial charge in [0.25, 0.3) is 0 Å². The van der Waals surface area contributed by atoms with Crippen molar-refractivity contribution in [1.82, 2.24) is 14.8 Å². The SMILES string of the molecule is Cc1ncsc1CN1CCC(O)(c2ccccc2)C(N(C)C)C1. The molecule has 5 heteroatoms. The van der Waals surface area contributed by atoms with Gasteiger partial charge in [0.2, 0.25) is 0 Å². The first-order chi connectivity index (χ1) is 11.0. The number of aryl methyl sites for hydroxylation is 1. The number of thiazole rings is 1. The number of nitrogens with zero attached hydrogens (tertiary/aromatic N) is 3. The van der Waals surface area contributed by atoms with Gasteiger partial charge in [-0.25, -0.2) is 4.98 Å². The number of aromatic nitrogens is 1. The van der Waals surface area contributed by atoms with E-state index in [1.807, 2.05) is 35.8 Å². The minimum atomic E-state index is -0.788. The van der Waals surface area contributed by atoms with Crippen LogP contribution in [-0.2, 0) is 12.1 Å². The van der Waals surface area contributed by atoms with E-state index in [1.165, 1.54) is 4.88 Å². The summed E-state index contributed by atoms with van der Waals surface area (Å²) in [5, 5.41) is 11.4. The van der Waals surface area contributed by atoms with Crippen LogP contribution in [0.1, 0.15) is 22.6 Å². The molecule has 4 nitrogen and oxygen atoms in total. The van der Waals surface area contributed by atoms with E-state index >= 15 is 0 Å². The third-order valence-electron chi connectivity index (χ3n) is 4.90. The lowest BCUT2D eigenvalue weighted by molar-refractivity contribution is -0.0891. The summed E-state index contributed by atoms with van der Waals surface area (Å²) in [7, 11) is 4.11. The average Bonchev–Trinajstić information content (AvgIpc) is 2.95. The van der Waals surface area contributed by atoms with E-state index in [0.29, 0.717) is 0 Å². The maximum absolute atomic E-state index is 11.4. The number of hydrogen-bond acceptors (Lipinski definition) is 5. The number of hydrogen-bond donors (Lipinski definition) is 1. The van der Waals surface area contributed by atoms with Gasteiger partial charge in [-0.1, -0.05) is 30.3 Å². The Kier molecular flexibility index (Phi) is 4.82. The van der Waals surface area contributed by atoms with Gasteiger partial charge >= 0.3 is 0 Å². The highest BCUT2D eigenvalue weighted by molar-refractivity contribution is 7.09. The molecule has 1 fully saturated rings. The van der Waals surface area contributed by atoms with Crippen LogP contribution in [0, 0.1) is 6.92 Å². The Hall–Kier alpha value is -1.27. The molecule has 2 unspecified atom stereocenters. The van der Waals surface area contributed by atoms with Crippen LogP contribution in [-0.4, -0.2) is 53.1 Å². The second-order valence-corrected chi connectivity index (χ2v) is 7.56. The van der Waals surface area contributed by atoms with Gasteiger partial charge in [0.1, 0.15) is 5.60 Å². The number of aliphatic hydroxyl groups is 1. The largest absolute Gasteiger partial charge is 0.383 e. The summed E-state index contributed by atoms with van der Waals surface area (Å²) in [6.45, 7) is 4.74. The van der Waals surface area contributed by atoms with Gasteiger partial charge < -0.3 is 10.0 Å². The summed E-state index contributed by atoms with van der Waals surface area (Å²) in [4.78, 5) is 10.3. The fourth-order valence-electron chi connectivity index (χ4n) is 3.46. The monoisotopic (exact) mass is 331 g/mol. The van der Waals surface area contributed by atoms with Crippen LogP contribution in [0.2, 0.25) is 0 Å². The smallest absolute Gasteiger partial charge is 0.107 e. The van der Waals surface area contributed by atoms with Gasteiger partial charge in [0.05, 0.1) is 17.2 Å². The molecule has 1 aromatic heterocycles. The fourth-order valence-corrected chi connectivity index (χ4v) is 4.28. The molecule has 0 radical (unpaired) electrons. The lowest BCUT2D eigenvalue weighted by atomic mass is 9.80. The molecule has 0 spiro atoms. The van der Waals surface area contributed by atoms with E-state index in [1.54, 1.807) is 11.3 Å². The Morgan fingerprint density at radius 1 is 1.35 bits per heavy atom. The predicted molar refractivity (Wildman–Crippen MR) is 94.6 cm³/mol. The normalized spacial score (nSPS) is 25.9. The van der Waals surface area contributed by atoms with Crippen LogP contribution >= 0.6 is 11.3 Å². The zero-order valence-electron chi connectivity index (χ0n) is 14.1. The Labute approximate surface area is 142 Å². The first-order valence-electron chi connectivity index (χ1n) is 8.06. The summed E-state index contributed by atoms with van der Waals surface area (Å²) < 4.78 is 0. The van der Waals surface area contributed by atoms with Crippen molar-refractivity contribution >= 4 is 11.3 Å². The Morgan fingerprint density at radius 2 is 2.09 bits per heavy atom. The van der Waals surface area contributed by atoms with Crippen LogP contribution in [0.15, 0.2) is 35.8 Å². The van der Waals surface area contributed by atoms with E-state index in [9.17, 15) is 5.11 Å². The van der Waals surface area contributed by atoms with Crippen LogP contribution in [0.4, 0.5) is 0 Å². The van der Waals surface area contributed by atoms with Crippen molar-refractivity contribution in [2.24, 2.45) is 0 Å². The quantitative estimate of drug-likeness (QED) is 0.934. The number of likely N-dealkylation sites (tertiary alicyclic amines) is 1. The summed E-state index contributed by atoms with van der Waals surface area (Å²) in [5.74, 6) is 0. The average molecular weight is 331 g/mol. The van der Waals surface area contributed by atoms with E-state index < -0.39 is 5.60 Å². The third-order valence-corrected chi connectivity index (χ3v) is 5.82. The van der Waals surface area contributed by atoms with Gasteiger partial charge in [-0.2, -0.15) is 0 Å². The van der Waals surface area contributed by atoms with Crippen molar-refractivity contribution in [3.8, 4) is 0 Å². The van der Waals surface area contributed by atoms with Gasteiger partial charge in [0, 0.05) is 24.5 Å². The molecule has 0 amide bonds. The third kappa shape index (κ3) is 3.33. The zero-order valence-corrected chi connectivity index (χ0v) is 14.9. The lowest BCUT2D eigenvalue weighted by Crippen LogP contribution is -2.58. The Bertz CT molecular complexity index is 643. The molecule has 1 N–H and O–H groups in total. The molecular weight excluding hydrogens is 306 g/mol. The molecule has 0 bridgehead atoms. The van der Waals surface area contributed by atoms with Crippen molar-refractivity contribution in [3.05, 3.63) is 52.0 Å².